The van der Waals surface area contributed by atoms with Gasteiger partial charge in [0.15, 0.2) is 0 Å². The summed E-state index contributed by atoms with van der Waals surface area (Å²) in [5.74, 6) is 0. The van der Waals surface area contributed by atoms with E-state index in [1.54, 1.807) is 0 Å². The van der Waals surface area contributed by atoms with Crippen molar-refractivity contribution < 1.29 is 23.4 Å². The van der Waals surface area contributed by atoms with Crippen molar-refractivity contribution in [1.29, 1.82) is 0 Å². The summed E-state index contributed by atoms with van der Waals surface area (Å²) >= 11 is 0. The van der Waals surface area contributed by atoms with Gasteiger partial charge in [0.2, 0.25) is 10.0 Å². The summed E-state index contributed by atoms with van der Waals surface area (Å²) in [5, 5.41) is 18.3. The topological polar surface area (TPSA) is 118 Å². The molecule has 0 aliphatic carbocycles. The SMILES string of the molecule is CS(N)(=O)=O.O=C(O)O. The molecule has 0 aromatic carbocycles. The van der Waals surface area contributed by atoms with Crippen molar-refractivity contribution >= 4 is 16.2 Å². The highest BCUT2D eigenvalue weighted by molar-refractivity contribution is 7.88. The van der Waals surface area contributed by atoms with Crippen LogP contribution >= 0.6 is 0 Å². The predicted molar refractivity (Wildman–Crippen MR) is 29.7 cm³/mol. The van der Waals surface area contributed by atoms with Crippen molar-refractivity contribution in [1.82, 2.24) is 0 Å². The summed E-state index contributed by atoms with van der Waals surface area (Å²) in [7, 11) is -3.17. The molecular weight excluding hydrogens is 150 g/mol. The zero-order valence-electron chi connectivity index (χ0n) is 4.60. The minimum absolute atomic E-state index is 0.938. The molecule has 0 radical (unpaired) electrons. The Kier molecular flexibility index (Phi) is 5.03. The lowest BCUT2D eigenvalue weighted by Gasteiger charge is -1.71. The predicted octanol–water partition coefficient (Wildman–Crippen LogP) is -0.873. The number of hydrogen-bond acceptors (Lipinski definition) is 3. The first kappa shape index (κ1) is 11.0. The normalized spacial score (nSPS) is 9.11. The van der Waals surface area contributed by atoms with E-state index in [9.17, 15) is 8.42 Å². The molecule has 0 spiro atoms. The number of rotatable bonds is 0. The molecule has 0 aliphatic rings. The molecule has 0 amide bonds. The summed E-state index contributed by atoms with van der Waals surface area (Å²) in [6.45, 7) is 0. The molecule has 0 aromatic heterocycles. The van der Waals surface area contributed by atoms with Gasteiger partial charge in [0, 0.05) is 0 Å². The van der Waals surface area contributed by atoms with Gasteiger partial charge in [-0.15, -0.1) is 0 Å². The zero-order valence-corrected chi connectivity index (χ0v) is 5.42. The Morgan fingerprint density at radius 1 is 1.44 bits per heavy atom. The summed E-state index contributed by atoms with van der Waals surface area (Å²) in [4.78, 5) is 8.56. The molecule has 0 saturated heterocycles. The molecule has 6 nitrogen and oxygen atoms in total. The largest absolute Gasteiger partial charge is 0.503 e. The average molecular weight is 157 g/mol. The maximum atomic E-state index is 9.41. The maximum Gasteiger partial charge on any atom is 0.503 e. The van der Waals surface area contributed by atoms with Crippen LogP contribution in [0.5, 0.6) is 0 Å². The Balaban J connectivity index is 0. The molecule has 0 aliphatic heterocycles. The monoisotopic (exact) mass is 157 g/mol. The van der Waals surface area contributed by atoms with Crippen LogP contribution in [0, 0.1) is 0 Å². The Morgan fingerprint density at radius 2 is 1.44 bits per heavy atom. The van der Waals surface area contributed by atoms with Gasteiger partial charge >= 0.3 is 6.16 Å². The second-order valence-corrected chi connectivity index (χ2v) is 2.77. The number of primary sulfonamides is 1. The van der Waals surface area contributed by atoms with Crippen molar-refractivity contribution in [3.8, 4) is 0 Å². The van der Waals surface area contributed by atoms with Crippen molar-refractivity contribution in [2.24, 2.45) is 5.14 Å². The smallest absolute Gasteiger partial charge is 0.450 e. The molecule has 7 heteroatoms. The fraction of sp³-hybridized carbons (Fsp3) is 0.500. The van der Waals surface area contributed by atoms with E-state index in [0.29, 0.717) is 0 Å². The van der Waals surface area contributed by atoms with Gasteiger partial charge in [-0.05, 0) is 0 Å². The van der Waals surface area contributed by atoms with Crippen LogP contribution in [0.25, 0.3) is 0 Å². The average Bonchev–Trinajstić information content (AvgIpc) is 1.19. The van der Waals surface area contributed by atoms with Crippen LogP contribution in [0.3, 0.4) is 0 Å². The lowest BCUT2D eigenvalue weighted by atomic mass is 11.5. The van der Waals surface area contributed by atoms with Gasteiger partial charge in [-0.1, -0.05) is 0 Å². The number of carbonyl (C=O) groups is 1. The van der Waals surface area contributed by atoms with E-state index in [1.165, 1.54) is 0 Å². The Labute approximate surface area is 52.0 Å². The Hall–Kier alpha value is -0.820. The van der Waals surface area contributed by atoms with E-state index in [4.69, 9.17) is 15.0 Å². The lowest BCUT2D eigenvalue weighted by molar-refractivity contribution is 0.137. The Morgan fingerprint density at radius 3 is 1.44 bits per heavy atom. The van der Waals surface area contributed by atoms with Crippen LogP contribution in [0.1, 0.15) is 0 Å². The highest BCUT2D eigenvalue weighted by Crippen LogP contribution is 1.52. The van der Waals surface area contributed by atoms with Gasteiger partial charge in [-0.3, -0.25) is 0 Å². The van der Waals surface area contributed by atoms with Gasteiger partial charge in [-0.25, -0.2) is 18.4 Å². The zero-order chi connectivity index (χ0) is 8.08. The van der Waals surface area contributed by atoms with Crippen molar-refractivity contribution in [2.45, 2.75) is 0 Å². The number of carboxylic acid groups (broad SMARTS) is 2. The van der Waals surface area contributed by atoms with Crippen LogP contribution in [0.4, 0.5) is 4.79 Å². The molecule has 0 fully saturated rings. The van der Waals surface area contributed by atoms with E-state index >= 15 is 0 Å². The summed E-state index contributed by atoms with van der Waals surface area (Å²) in [6, 6.07) is 0. The first-order valence-electron chi connectivity index (χ1n) is 1.63. The summed E-state index contributed by atoms with van der Waals surface area (Å²) in [5.41, 5.74) is 0. The second-order valence-electron chi connectivity index (χ2n) is 1.11. The molecule has 0 heterocycles. The summed E-state index contributed by atoms with van der Waals surface area (Å²) in [6.07, 6.45) is -0.896. The molecule has 56 valence electrons. The van der Waals surface area contributed by atoms with Crippen LogP contribution in [0.2, 0.25) is 0 Å². The van der Waals surface area contributed by atoms with Crippen LogP contribution in [-0.2, 0) is 10.0 Å². The van der Waals surface area contributed by atoms with Crippen LogP contribution in [-0.4, -0.2) is 31.0 Å². The fourth-order valence-electron chi connectivity index (χ4n) is 0. The highest BCUT2D eigenvalue weighted by atomic mass is 32.2. The summed E-state index contributed by atoms with van der Waals surface area (Å²) < 4.78 is 18.8. The van der Waals surface area contributed by atoms with E-state index < -0.39 is 16.2 Å². The molecule has 0 rings (SSSR count). The fourth-order valence-corrected chi connectivity index (χ4v) is 0. The van der Waals surface area contributed by atoms with E-state index in [-0.39, 0.29) is 0 Å². The van der Waals surface area contributed by atoms with Crippen molar-refractivity contribution in [2.75, 3.05) is 6.26 Å². The second kappa shape index (κ2) is 4.10. The number of nitrogens with two attached hydrogens (primary N) is 1. The van der Waals surface area contributed by atoms with Gasteiger partial charge in [-0.2, -0.15) is 0 Å². The van der Waals surface area contributed by atoms with E-state index in [2.05, 4.69) is 5.14 Å². The molecular formula is C2H7NO5S. The third-order valence-electron chi connectivity index (χ3n) is 0. The molecule has 0 bridgehead atoms. The van der Waals surface area contributed by atoms with Crippen LogP contribution in [0.15, 0.2) is 0 Å². The molecule has 0 saturated carbocycles. The minimum Gasteiger partial charge on any atom is -0.450 e. The van der Waals surface area contributed by atoms with Crippen LogP contribution < -0.4 is 5.14 Å². The highest BCUT2D eigenvalue weighted by Gasteiger charge is 1.78. The molecule has 9 heavy (non-hydrogen) atoms. The number of sulfonamides is 1. The van der Waals surface area contributed by atoms with Gasteiger partial charge in [0.25, 0.3) is 0 Å². The first-order valence-corrected chi connectivity index (χ1v) is 3.58. The number of hydrogen-bond donors (Lipinski definition) is 3. The van der Waals surface area contributed by atoms with E-state index in [0.717, 1.165) is 6.26 Å². The Bertz CT molecular complexity index is 157. The minimum atomic E-state index is -3.17. The standard InChI is InChI=1S/CH5NO2S.CH2O3/c1-5(2,3)4;2-1(3)4/h1H3,(H2,2,3,4);(H2,2,3,4). The lowest BCUT2D eigenvalue weighted by Crippen LogP contribution is -2.07. The quantitative estimate of drug-likeness (QED) is 0.422. The van der Waals surface area contributed by atoms with E-state index in [1.807, 2.05) is 0 Å². The van der Waals surface area contributed by atoms with Gasteiger partial charge in [0.1, 0.15) is 0 Å². The molecule has 0 unspecified atom stereocenters. The molecule has 4 N–H and O–H groups in total. The third kappa shape index (κ3) is 287. The van der Waals surface area contributed by atoms with Crippen molar-refractivity contribution in [3.63, 3.8) is 0 Å². The van der Waals surface area contributed by atoms with Gasteiger partial charge in [0.05, 0.1) is 6.26 Å². The maximum absolute atomic E-state index is 9.41. The molecule has 0 atom stereocenters. The molecule has 0 aromatic rings. The van der Waals surface area contributed by atoms with Gasteiger partial charge < -0.3 is 10.2 Å². The first-order chi connectivity index (χ1) is 3.73. The van der Waals surface area contributed by atoms with Crippen molar-refractivity contribution in [3.05, 3.63) is 0 Å². The third-order valence-corrected chi connectivity index (χ3v) is 0.